The summed E-state index contributed by atoms with van der Waals surface area (Å²) in [7, 11) is 0. The minimum absolute atomic E-state index is 0.0144. The summed E-state index contributed by atoms with van der Waals surface area (Å²) in [5, 5.41) is 19.9. The maximum atomic E-state index is 9.18. The molecule has 0 aliphatic carbocycles. The van der Waals surface area contributed by atoms with E-state index < -0.39 is 5.41 Å². The maximum Gasteiger partial charge on any atom is 0.156 e. The molecule has 2 atom stereocenters. The Kier molecular flexibility index (Phi) is 9.62. The summed E-state index contributed by atoms with van der Waals surface area (Å²) >= 11 is 25.9. The van der Waals surface area contributed by atoms with Gasteiger partial charge in [-0.1, -0.05) is 74.1 Å². The summed E-state index contributed by atoms with van der Waals surface area (Å²) in [6, 6.07) is 7.23. The quantitative estimate of drug-likeness (QED) is 0.376. The molecule has 4 nitrogen and oxygen atoms in total. The van der Waals surface area contributed by atoms with Crippen LogP contribution in [0.25, 0.3) is 0 Å². The van der Waals surface area contributed by atoms with Gasteiger partial charge in [-0.2, -0.15) is 0 Å². The van der Waals surface area contributed by atoms with Crippen LogP contribution in [0.1, 0.15) is 38.8 Å². The number of halogens is 4. The first-order valence-electron chi connectivity index (χ1n) is 9.97. The standard InChI is InChI=1S/C23H28Cl4O4/c1-13(9-28)11-30-21-17(24)5-15(6-18(21)25)23(3,4)16-7-19(26)22(20(27)8-16)31-12-14(2)10-29/h5-8,13-14,28-29H,9-12H2,1-4H3. The lowest BCUT2D eigenvalue weighted by Gasteiger charge is -2.28. The molecule has 31 heavy (non-hydrogen) atoms. The van der Waals surface area contributed by atoms with Crippen molar-refractivity contribution in [1.82, 2.24) is 0 Å². The van der Waals surface area contributed by atoms with Gasteiger partial charge in [-0.3, -0.25) is 0 Å². The van der Waals surface area contributed by atoms with E-state index in [1.165, 1.54) is 0 Å². The highest BCUT2D eigenvalue weighted by Crippen LogP contribution is 2.43. The van der Waals surface area contributed by atoms with Gasteiger partial charge < -0.3 is 19.7 Å². The lowest BCUT2D eigenvalue weighted by Crippen LogP contribution is -2.20. The van der Waals surface area contributed by atoms with Gasteiger partial charge >= 0.3 is 0 Å². The summed E-state index contributed by atoms with van der Waals surface area (Å²) in [6.07, 6.45) is 0. The molecule has 0 aromatic heterocycles. The van der Waals surface area contributed by atoms with Crippen LogP contribution in [0.4, 0.5) is 0 Å². The zero-order valence-electron chi connectivity index (χ0n) is 18.0. The van der Waals surface area contributed by atoms with E-state index in [1.54, 1.807) is 0 Å². The van der Waals surface area contributed by atoms with Gasteiger partial charge in [0.15, 0.2) is 11.5 Å². The molecule has 2 unspecified atom stereocenters. The van der Waals surface area contributed by atoms with Gasteiger partial charge in [-0.25, -0.2) is 0 Å². The van der Waals surface area contributed by atoms with Crippen LogP contribution in [-0.2, 0) is 5.41 Å². The molecule has 0 saturated heterocycles. The van der Waals surface area contributed by atoms with E-state index in [-0.39, 0.29) is 25.0 Å². The first kappa shape index (κ1) is 26.4. The average molecular weight is 510 g/mol. The van der Waals surface area contributed by atoms with E-state index in [4.69, 9.17) is 55.9 Å². The molecule has 2 aromatic carbocycles. The van der Waals surface area contributed by atoms with E-state index in [0.717, 1.165) is 11.1 Å². The third kappa shape index (κ3) is 6.56. The number of hydrogen-bond acceptors (Lipinski definition) is 4. The van der Waals surface area contributed by atoms with E-state index in [0.29, 0.717) is 44.8 Å². The summed E-state index contributed by atoms with van der Waals surface area (Å²) in [6.45, 7) is 8.40. The van der Waals surface area contributed by atoms with Crippen molar-refractivity contribution in [2.75, 3.05) is 26.4 Å². The van der Waals surface area contributed by atoms with Gasteiger partial charge in [-0.05, 0) is 35.4 Å². The molecule has 8 heteroatoms. The number of benzene rings is 2. The summed E-state index contributed by atoms with van der Waals surface area (Å²) < 4.78 is 11.4. The molecule has 0 saturated carbocycles. The molecule has 0 fully saturated rings. The largest absolute Gasteiger partial charge is 0.490 e. The van der Waals surface area contributed by atoms with Gasteiger partial charge in [0.05, 0.1) is 33.3 Å². The molecule has 0 heterocycles. The number of hydrogen-bond donors (Lipinski definition) is 2. The maximum absolute atomic E-state index is 9.18. The lowest BCUT2D eigenvalue weighted by atomic mass is 9.78. The molecule has 0 aliphatic heterocycles. The molecule has 0 bridgehead atoms. The van der Waals surface area contributed by atoms with Crippen molar-refractivity contribution in [2.45, 2.75) is 33.1 Å². The van der Waals surface area contributed by atoms with Gasteiger partial charge in [-0.15, -0.1) is 0 Å². The number of aliphatic hydroxyl groups is 2. The van der Waals surface area contributed by atoms with Crippen LogP contribution < -0.4 is 9.47 Å². The van der Waals surface area contributed by atoms with Crippen LogP contribution in [0, 0.1) is 11.8 Å². The molecule has 2 N–H and O–H groups in total. The Morgan fingerprint density at radius 3 is 1.26 bits per heavy atom. The van der Waals surface area contributed by atoms with E-state index in [1.807, 2.05) is 52.0 Å². The Hall–Kier alpha value is -0.880. The molecule has 172 valence electrons. The molecule has 2 aromatic rings. The van der Waals surface area contributed by atoms with Crippen LogP contribution in [0.2, 0.25) is 20.1 Å². The van der Waals surface area contributed by atoms with Crippen molar-refractivity contribution >= 4 is 46.4 Å². The Morgan fingerprint density at radius 1 is 0.710 bits per heavy atom. The Bertz CT molecular complexity index is 784. The van der Waals surface area contributed by atoms with Crippen molar-refractivity contribution in [3.63, 3.8) is 0 Å². The normalized spacial score (nSPS) is 13.7. The molecule has 0 radical (unpaired) electrons. The smallest absolute Gasteiger partial charge is 0.156 e. The van der Waals surface area contributed by atoms with Crippen LogP contribution in [0.3, 0.4) is 0 Å². The van der Waals surface area contributed by atoms with Crippen molar-refractivity contribution in [2.24, 2.45) is 11.8 Å². The van der Waals surface area contributed by atoms with Crippen molar-refractivity contribution < 1.29 is 19.7 Å². The highest BCUT2D eigenvalue weighted by molar-refractivity contribution is 6.38. The minimum Gasteiger partial charge on any atom is -0.490 e. The molecule has 0 aliphatic rings. The molecule has 0 amide bonds. The fourth-order valence-corrected chi connectivity index (χ4v) is 4.03. The van der Waals surface area contributed by atoms with Gasteiger partial charge in [0.2, 0.25) is 0 Å². The predicted octanol–water partition coefficient (Wildman–Crippen LogP) is 6.64. The number of aliphatic hydroxyl groups excluding tert-OH is 2. The Balaban J connectivity index is 2.34. The summed E-state index contributed by atoms with van der Waals surface area (Å²) in [4.78, 5) is 0. The zero-order valence-corrected chi connectivity index (χ0v) is 21.0. The van der Waals surface area contributed by atoms with Gasteiger partial charge in [0, 0.05) is 30.5 Å². The number of rotatable bonds is 10. The first-order chi connectivity index (χ1) is 14.5. The third-order valence-electron chi connectivity index (χ3n) is 5.09. The second-order valence-corrected chi connectivity index (χ2v) is 9.99. The van der Waals surface area contributed by atoms with Crippen molar-refractivity contribution in [3.05, 3.63) is 55.5 Å². The van der Waals surface area contributed by atoms with E-state index in [9.17, 15) is 10.2 Å². The van der Waals surface area contributed by atoms with Crippen LogP contribution in [0.5, 0.6) is 11.5 Å². The van der Waals surface area contributed by atoms with Gasteiger partial charge in [0.1, 0.15) is 0 Å². The highest BCUT2D eigenvalue weighted by Gasteiger charge is 2.28. The minimum atomic E-state index is -0.519. The molecular formula is C23H28Cl4O4. The van der Waals surface area contributed by atoms with Crippen LogP contribution in [-0.4, -0.2) is 36.6 Å². The van der Waals surface area contributed by atoms with Crippen LogP contribution in [0.15, 0.2) is 24.3 Å². The second-order valence-electron chi connectivity index (χ2n) is 8.36. The second kappa shape index (κ2) is 11.3. The highest BCUT2D eigenvalue weighted by atomic mass is 35.5. The average Bonchev–Trinajstić information content (AvgIpc) is 2.71. The Labute approximate surface area is 204 Å². The molecular weight excluding hydrogens is 482 g/mol. The monoisotopic (exact) mass is 508 g/mol. The fourth-order valence-electron chi connectivity index (χ4n) is 2.84. The van der Waals surface area contributed by atoms with E-state index in [2.05, 4.69) is 0 Å². The van der Waals surface area contributed by atoms with Crippen molar-refractivity contribution in [3.8, 4) is 11.5 Å². The van der Waals surface area contributed by atoms with Gasteiger partial charge in [0.25, 0.3) is 0 Å². The first-order valence-corrected chi connectivity index (χ1v) is 11.5. The number of ether oxygens (including phenoxy) is 2. The predicted molar refractivity (Wildman–Crippen MR) is 129 cm³/mol. The fraction of sp³-hybridized carbons (Fsp3) is 0.478. The van der Waals surface area contributed by atoms with Crippen molar-refractivity contribution in [1.29, 1.82) is 0 Å². The summed E-state index contributed by atoms with van der Waals surface area (Å²) in [5.41, 5.74) is 1.20. The zero-order chi connectivity index (χ0) is 23.3. The third-order valence-corrected chi connectivity index (χ3v) is 6.21. The van der Waals surface area contributed by atoms with E-state index >= 15 is 0 Å². The lowest BCUT2D eigenvalue weighted by molar-refractivity contribution is 0.174. The summed E-state index contributed by atoms with van der Waals surface area (Å²) in [5.74, 6) is 0.712. The van der Waals surface area contributed by atoms with Crippen LogP contribution >= 0.6 is 46.4 Å². The molecule has 0 spiro atoms. The Morgan fingerprint density at radius 2 is 1.00 bits per heavy atom. The topological polar surface area (TPSA) is 58.9 Å². The SMILES string of the molecule is CC(CO)COc1c(Cl)cc(C(C)(C)c2cc(Cl)c(OCC(C)CO)c(Cl)c2)cc1Cl. The molecule has 2 rings (SSSR count).